The Bertz CT molecular complexity index is 1830. The lowest BCUT2D eigenvalue weighted by Gasteiger charge is -2.35. The molecule has 2 aromatic rings. The van der Waals surface area contributed by atoms with Crippen molar-refractivity contribution in [1.82, 2.24) is 0 Å². The first-order valence-corrected chi connectivity index (χ1v) is 18.2. The lowest BCUT2D eigenvalue weighted by atomic mass is 9.71. The van der Waals surface area contributed by atoms with E-state index in [2.05, 4.69) is 98.6 Å². The normalized spacial score (nSPS) is 18.6. The third-order valence-electron chi connectivity index (χ3n) is 9.49. The van der Waals surface area contributed by atoms with E-state index in [1.165, 1.54) is 5.12 Å². The van der Waals surface area contributed by atoms with Gasteiger partial charge in [0.2, 0.25) is 0 Å². The van der Waals surface area contributed by atoms with E-state index in [0.29, 0.717) is 35.3 Å². The molecular formula is C43H58N6O2. The zero-order valence-electron chi connectivity index (χ0n) is 32.4. The van der Waals surface area contributed by atoms with Crippen LogP contribution < -0.4 is 16.1 Å². The number of hydrogen-bond acceptors (Lipinski definition) is 8. The van der Waals surface area contributed by atoms with Gasteiger partial charge in [-0.3, -0.25) is 0 Å². The van der Waals surface area contributed by atoms with Crippen molar-refractivity contribution in [2.45, 2.75) is 119 Å². The van der Waals surface area contributed by atoms with Crippen molar-refractivity contribution in [3.63, 3.8) is 0 Å². The van der Waals surface area contributed by atoms with Crippen molar-refractivity contribution >= 4 is 28.5 Å². The van der Waals surface area contributed by atoms with E-state index in [1.54, 1.807) is 5.12 Å². The summed E-state index contributed by atoms with van der Waals surface area (Å²) in [6, 6.07) is 8.13. The van der Waals surface area contributed by atoms with Gasteiger partial charge in [0.15, 0.2) is 0 Å². The van der Waals surface area contributed by atoms with Gasteiger partial charge < -0.3 is 10.2 Å². The molecule has 0 unspecified atom stereocenters. The minimum absolute atomic E-state index is 0.0313. The summed E-state index contributed by atoms with van der Waals surface area (Å²) >= 11 is 0. The molecule has 0 atom stereocenters. The van der Waals surface area contributed by atoms with Gasteiger partial charge in [0, 0.05) is 30.4 Å². The van der Waals surface area contributed by atoms with Crippen molar-refractivity contribution in [3.05, 3.63) is 95.1 Å². The minimum Gasteiger partial charge on any atom is -0.505 e. The predicted octanol–water partition coefficient (Wildman–Crippen LogP) is 10.1. The van der Waals surface area contributed by atoms with Gasteiger partial charge in [-0.2, -0.15) is 20.4 Å². The molecule has 8 heteroatoms. The van der Waals surface area contributed by atoms with Gasteiger partial charge in [0.1, 0.15) is 22.9 Å². The van der Waals surface area contributed by atoms with Crippen LogP contribution in [0.3, 0.4) is 0 Å². The molecular weight excluding hydrogens is 633 g/mol. The van der Waals surface area contributed by atoms with Gasteiger partial charge in [0.25, 0.3) is 0 Å². The van der Waals surface area contributed by atoms with Crippen molar-refractivity contribution in [3.8, 4) is 11.5 Å². The van der Waals surface area contributed by atoms with Gasteiger partial charge in [0.05, 0.1) is 17.1 Å². The number of hydrazine groups is 1. The molecule has 3 aliphatic rings. The Kier molecular flexibility index (Phi) is 10.6. The quantitative estimate of drug-likeness (QED) is 0.179. The molecule has 0 saturated heterocycles. The smallest absolute Gasteiger partial charge is 0.146 e. The van der Waals surface area contributed by atoms with Crippen LogP contribution in [-0.4, -0.2) is 27.3 Å². The highest BCUT2D eigenvalue weighted by molar-refractivity contribution is 6.15. The molecule has 0 aromatic heterocycles. The van der Waals surface area contributed by atoms with Crippen LogP contribution in [-0.2, 0) is 17.3 Å². The number of hydrazone groups is 3. The zero-order chi connectivity index (χ0) is 37.4. The summed E-state index contributed by atoms with van der Waals surface area (Å²) < 4.78 is 0. The van der Waals surface area contributed by atoms with Crippen molar-refractivity contribution in [2.24, 2.45) is 32.0 Å². The van der Waals surface area contributed by atoms with Crippen molar-refractivity contribution < 1.29 is 10.2 Å². The van der Waals surface area contributed by atoms with Crippen molar-refractivity contribution in [1.29, 1.82) is 0 Å². The summed E-state index contributed by atoms with van der Waals surface area (Å²) in [6.45, 7) is 22.4. The van der Waals surface area contributed by atoms with E-state index in [-0.39, 0.29) is 39.6 Å². The van der Waals surface area contributed by atoms with Gasteiger partial charge >= 0.3 is 0 Å². The highest BCUT2D eigenvalue weighted by atomic mass is 16.3. The minimum atomic E-state index is -0.253. The topological polar surface area (TPSA) is 110 Å². The molecule has 0 fully saturated rings. The Morgan fingerprint density at radius 3 is 1.80 bits per heavy atom. The third kappa shape index (κ3) is 9.47. The molecule has 0 amide bonds. The summed E-state index contributed by atoms with van der Waals surface area (Å²) in [6.07, 6.45) is 20.3. The Hall–Kier alpha value is -4.43. The lowest BCUT2D eigenvalue weighted by molar-refractivity contribution is 0.283. The highest BCUT2D eigenvalue weighted by Crippen LogP contribution is 2.46. The average molecular weight is 691 g/mol. The Morgan fingerprint density at radius 2 is 1.27 bits per heavy atom. The third-order valence-corrected chi connectivity index (χ3v) is 9.49. The first-order valence-electron chi connectivity index (χ1n) is 18.2. The molecule has 51 heavy (non-hydrogen) atoms. The summed E-state index contributed by atoms with van der Waals surface area (Å²) in [4.78, 5) is 0. The predicted molar refractivity (Wildman–Crippen MR) is 215 cm³/mol. The molecule has 5 rings (SSSR count). The van der Waals surface area contributed by atoms with Crippen LogP contribution in [0.5, 0.6) is 11.5 Å². The number of nitrogens with zero attached hydrogens (tertiary/aromatic N) is 5. The van der Waals surface area contributed by atoms with Gasteiger partial charge in [-0.1, -0.05) is 112 Å². The van der Waals surface area contributed by atoms with E-state index in [0.717, 1.165) is 47.5 Å². The second kappa shape index (κ2) is 14.3. The number of fused-ring (bicyclic) bond motifs is 2. The summed E-state index contributed by atoms with van der Waals surface area (Å²) in [5.41, 5.74) is 6.52. The van der Waals surface area contributed by atoms with E-state index in [9.17, 15) is 10.2 Å². The van der Waals surface area contributed by atoms with Crippen LogP contribution in [0.15, 0.2) is 88.2 Å². The fraction of sp³-hybridized carbons (Fsp3) is 0.465. The van der Waals surface area contributed by atoms with E-state index in [4.69, 9.17) is 16.0 Å². The Morgan fingerprint density at radius 1 is 0.725 bits per heavy atom. The van der Waals surface area contributed by atoms with Crippen molar-refractivity contribution in [2.75, 3.05) is 10.2 Å². The molecule has 1 aliphatic heterocycles. The maximum Gasteiger partial charge on any atom is 0.146 e. The van der Waals surface area contributed by atoms with Crippen LogP contribution in [0.25, 0.3) is 0 Å². The molecule has 272 valence electrons. The Balaban J connectivity index is 1.69. The lowest BCUT2D eigenvalue weighted by Crippen LogP contribution is -2.29. The van der Waals surface area contributed by atoms with Crippen LogP contribution >= 0.6 is 0 Å². The number of aromatic hydroxyl groups is 2. The maximum atomic E-state index is 12.1. The standard InChI is InChI=1S/C43H58N6O2/c1-40(2,3)27-42(7,8)31-22-29(38(50)36(24-31)48(44)45-33-17-13-11-14-18-33)21-30-23-32(43(9,10)28-41(4,5)6)25-37(39(30)51)49-46-34-19-15-12-16-20-35(26-34)47-49/h11,13-17,19-20,22-25,50-51H,12,18,21,26-28,44H2,1-10H3/b19-15-,20-16-,45-33-. The van der Waals surface area contributed by atoms with Gasteiger partial charge in [-0.05, 0) is 82.4 Å². The van der Waals surface area contributed by atoms with Gasteiger partial charge in [-0.15, -0.1) is 5.12 Å². The number of hydrogen-bond donors (Lipinski definition) is 3. The fourth-order valence-electron chi connectivity index (χ4n) is 7.86. The molecule has 0 radical (unpaired) electrons. The van der Waals surface area contributed by atoms with Gasteiger partial charge in [-0.25, -0.2) is 5.84 Å². The number of nitrogens with two attached hydrogens (primary N) is 1. The molecule has 0 saturated carbocycles. The number of allylic oxidation sites excluding steroid dienone is 8. The summed E-state index contributed by atoms with van der Waals surface area (Å²) in [5, 5.41) is 41.3. The molecule has 2 bridgehead atoms. The number of anilines is 2. The molecule has 8 nitrogen and oxygen atoms in total. The zero-order valence-corrected chi connectivity index (χ0v) is 32.4. The van der Waals surface area contributed by atoms with Crippen LogP contribution in [0, 0.1) is 10.8 Å². The molecule has 1 heterocycles. The molecule has 4 N–H and O–H groups in total. The summed E-state index contributed by atoms with van der Waals surface area (Å²) in [7, 11) is 0. The van der Waals surface area contributed by atoms with Crippen LogP contribution in [0.1, 0.15) is 124 Å². The van der Waals surface area contributed by atoms with Crippen LogP contribution in [0.4, 0.5) is 11.4 Å². The molecule has 2 aromatic carbocycles. The van der Waals surface area contributed by atoms with E-state index < -0.39 is 0 Å². The fourth-order valence-corrected chi connectivity index (χ4v) is 7.86. The van der Waals surface area contributed by atoms with E-state index in [1.807, 2.05) is 48.6 Å². The SMILES string of the molecule is CC(C)(C)CC(C)(C)c1cc(Cc2cc(C(C)(C)CC(C)(C)C)cc(N(N)/N=C3/C=CC=CC3)c2O)c(O)c(N2N=C3/C=C\C/C=C\C(=N2)C3)c1. The van der Waals surface area contributed by atoms with Crippen LogP contribution in [0.2, 0.25) is 0 Å². The largest absolute Gasteiger partial charge is 0.505 e. The second-order valence-corrected chi connectivity index (χ2v) is 18.0. The number of phenolic OH excluding ortho intramolecular Hbond substituents is 2. The number of rotatable bonds is 9. The monoisotopic (exact) mass is 690 g/mol. The maximum absolute atomic E-state index is 12.1. The molecule has 0 spiro atoms. The second-order valence-electron chi connectivity index (χ2n) is 18.0. The first kappa shape index (κ1) is 37.8. The average Bonchev–Trinajstić information content (AvgIpc) is 3.00. The first-order chi connectivity index (χ1) is 23.7. The summed E-state index contributed by atoms with van der Waals surface area (Å²) in [5.74, 6) is 6.73. The Labute approximate surface area is 305 Å². The number of phenols is 2. The highest BCUT2D eigenvalue weighted by Gasteiger charge is 2.32. The number of benzene rings is 2. The molecule has 2 aliphatic carbocycles. The van der Waals surface area contributed by atoms with E-state index >= 15 is 0 Å².